The van der Waals surface area contributed by atoms with Gasteiger partial charge in [0.05, 0.1) is 11.1 Å². The van der Waals surface area contributed by atoms with Crippen LogP contribution < -0.4 is 10.6 Å². The molecule has 0 unspecified atom stereocenters. The number of ether oxygens (including phenoxy) is 1. The number of hydrogen-bond donors (Lipinski definition) is 2. The number of nitrogens with zero attached hydrogens (tertiary/aromatic N) is 1. The molecule has 156 valence electrons. The lowest BCUT2D eigenvalue weighted by atomic mass is 10.1. The third kappa shape index (κ3) is 5.45. The Morgan fingerprint density at radius 1 is 1.13 bits per heavy atom. The third-order valence-corrected chi connectivity index (χ3v) is 6.06. The van der Waals surface area contributed by atoms with Crippen molar-refractivity contribution >= 4 is 34.1 Å². The highest BCUT2D eigenvalue weighted by atomic mass is 32.1. The summed E-state index contributed by atoms with van der Waals surface area (Å²) in [7, 11) is 0. The van der Waals surface area contributed by atoms with E-state index in [0.29, 0.717) is 22.7 Å². The predicted octanol–water partition coefficient (Wildman–Crippen LogP) is 3.32. The molecule has 8 heteroatoms. The highest BCUT2D eigenvalue weighted by molar-refractivity contribution is 7.16. The molecule has 30 heavy (non-hydrogen) atoms. The second-order valence-corrected chi connectivity index (χ2v) is 8.22. The standard InChI is InChI=1S/C22H23N3O4S/c1-14(26)24-12-15-7-9-16(10-8-15)22(28)29-13-20(27)25-21-18(11-23)17-5-3-2-4-6-19(17)30-21/h7-10H,2-6,12-13H2,1H3,(H,24,26)(H,25,27). The highest BCUT2D eigenvalue weighted by Crippen LogP contribution is 2.36. The minimum atomic E-state index is -0.612. The Morgan fingerprint density at radius 3 is 2.57 bits per heavy atom. The van der Waals surface area contributed by atoms with E-state index in [2.05, 4.69) is 16.7 Å². The number of carbonyl (C=O) groups is 3. The minimum Gasteiger partial charge on any atom is -0.452 e. The quantitative estimate of drug-likeness (QED) is 0.545. The van der Waals surface area contributed by atoms with Gasteiger partial charge in [-0.1, -0.05) is 18.6 Å². The molecule has 2 N–H and O–H groups in total. The van der Waals surface area contributed by atoms with Crippen molar-refractivity contribution in [3.63, 3.8) is 0 Å². The van der Waals surface area contributed by atoms with Crippen LogP contribution in [0, 0.1) is 11.3 Å². The molecule has 1 aromatic heterocycles. The summed E-state index contributed by atoms with van der Waals surface area (Å²) in [5.41, 5.74) is 2.74. The number of rotatable bonds is 6. The maximum atomic E-state index is 12.3. The molecule has 0 aliphatic heterocycles. The number of thiophene rings is 1. The van der Waals surface area contributed by atoms with Crippen molar-refractivity contribution in [2.24, 2.45) is 0 Å². The average molecular weight is 426 g/mol. The van der Waals surface area contributed by atoms with Gasteiger partial charge in [0.2, 0.25) is 5.91 Å². The van der Waals surface area contributed by atoms with E-state index < -0.39 is 18.5 Å². The first kappa shape index (κ1) is 21.5. The SMILES string of the molecule is CC(=O)NCc1ccc(C(=O)OCC(=O)Nc2sc3c(c2C#N)CCCCC3)cc1. The van der Waals surface area contributed by atoms with E-state index in [4.69, 9.17) is 4.74 Å². The van der Waals surface area contributed by atoms with Crippen LogP contribution in [0.3, 0.4) is 0 Å². The first-order valence-electron chi connectivity index (χ1n) is 9.83. The van der Waals surface area contributed by atoms with Gasteiger partial charge < -0.3 is 15.4 Å². The van der Waals surface area contributed by atoms with E-state index in [9.17, 15) is 19.6 Å². The smallest absolute Gasteiger partial charge is 0.338 e. The molecule has 1 aliphatic rings. The number of nitriles is 1. The molecule has 0 fully saturated rings. The fraction of sp³-hybridized carbons (Fsp3) is 0.364. The van der Waals surface area contributed by atoms with Gasteiger partial charge in [-0.2, -0.15) is 5.26 Å². The van der Waals surface area contributed by atoms with Crippen molar-refractivity contribution in [2.45, 2.75) is 45.6 Å². The zero-order chi connectivity index (χ0) is 21.5. The van der Waals surface area contributed by atoms with Gasteiger partial charge in [0.15, 0.2) is 6.61 Å². The number of fused-ring (bicyclic) bond motifs is 1. The van der Waals surface area contributed by atoms with Gasteiger partial charge in [0.1, 0.15) is 11.1 Å². The lowest BCUT2D eigenvalue weighted by Crippen LogP contribution is -2.21. The largest absolute Gasteiger partial charge is 0.452 e. The summed E-state index contributed by atoms with van der Waals surface area (Å²) in [4.78, 5) is 36.6. The Balaban J connectivity index is 1.55. The third-order valence-electron chi connectivity index (χ3n) is 4.85. The Bertz CT molecular complexity index is 989. The van der Waals surface area contributed by atoms with E-state index >= 15 is 0 Å². The van der Waals surface area contributed by atoms with Gasteiger partial charge in [-0.25, -0.2) is 4.79 Å². The van der Waals surface area contributed by atoms with Crippen LogP contribution in [0.4, 0.5) is 5.00 Å². The lowest BCUT2D eigenvalue weighted by molar-refractivity contribution is -0.119. The minimum absolute atomic E-state index is 0.133. The van der Waals surface area contributed by atoms with Crippen molar-refractivity contribution in [3.05, 3.63) is 51.4 Å². The maximum Gasteiger partial charge on any atom is 0.338 e. The zero-order valence-electron chi connectivity index (χ0n) is 16.7. The lowest BCUT2D eigenvalue weighted by Gasteiger charge is -2.07. The molecule has 2 aromatic rings. The summed E-state index contributed by atoms with van der Waals surface area (Å²) in [6.45, 7) is 1.38. The summed E-state index contributed by atoms with van der Waals surface area (Å²) in [5.74, 6) is -1.22. The molecule has 2 amide bonds. The Morgan fingerprint density at radius 2 is 1.87 bits per heavy atom. The van der Waals surface area contributed by atoms with Crippen LogP contribution >= 0.6 is 11.3 Å². The number of esters is 1. The molecule has 0 saturated heterocycles. The molecule has 0 atom stereocenters. The van der Waals surface area contributed by atoms with Crippen LogP contribution in [0.2, 0.25) is 0 Å². The summed E-state index contributed by atoms with van der Waals surface area (Å²) < 4.78 is 5.10. The monoisotopic (exact) mass is 425 g/mol. The fourth-order valence-electron chi connectivity index (χ4n) is 3.31. The zero-order valence-corrected chi connectivity index (χ0v) is 17.6. The molecule has 0 bridgehead atoms. The molecule has 1 heterocycles. The van der Waals surface area contributed by atoms with Gasteiger partial charge in [-0.3, -0.25) is 9.59 Å². The van der Waals surface area contributed by atoms with Crippen LogP contribution in [0.5, 0.6) is 0 Å². The summed E-state index contributed by atoms with van der Waals surface area (Å²) in [5, 5.41) is 15.5. The van der Waals surface area contributed by atoms with Gasteiger partial charge in [0.25, 0.3) is 5.91 Å². The van der Waals surface area contributed by atoms with E-state index in [1.54, 1.807) is 24.3 Å². The molecule has 3 rings (SSSR count). The second-order valence-electron chi connectivity index (χ2n) is 7.11. The number of hydrogen-bond acceptors (Lipinski definition) is 6. The predicted molar refractivity (Wildman–Crippen MR) is 113 cm³/mol. The molecular weight excluding hydrogens is 402 g/mol. The average Bonchev–Trinajstić information content (AvgIpc) is 2.89. The molecule has 0 radical (unpaired) electrons. The summed E-state index contributed by atoms with van der Waals surface area (Å²) in [6.07, 6.45) is 5.08. The van der Waals surface area contributed by atoms with Crippen LogP contribution in [0.1, 0.15) is 58.1 Å². The second kappa shape index (κ2) is 10.0. The number of aryl methyl sites for hydroxylation is 1. The summed E-state index contributed by atoms with van der Waals surface area (Å²) in [6, 6.07) is 8.81. The molecule has 1 aromatic carbocycles. The Kier molecular flexibility index (Phi) is 7.20. The van der Waals surface area contributed by atoms with Crippen LogP contribution in [0.15, 0.2) is 24.3 Å². The van der Waals surface area contributed by atoms with Crippen molar-refractivity contribution in [1.29, 1.82) is 5.26 Å². The highest BCUT2D eigenvalue weighted by Gasteiger charge is 2.21. The number of amides is 2. The molecule has 1 aliphatic carbocycles. The van der Waals surface area contributed by atoms with Gasteiger partial charge >= 0.3 is 5.97 Å². The van der Waals surface area contributed by atoms with Crippen molar-refractivity contribution < 1.29 is 19.1 Å². The number of nitrogens with one attached hydrogen (secondary N) is 2. The maximum absolute atomic E-state index is 12.3. The number of anilines is 1. The molecule has 0 spiro atoms. The fourth-order valence-corrected chi connectivity index (χ4v) is 4.57. The van der Waals surface area contributed by atoms with Crippen molar-refractivity contribution in [2.75, 3.05) is 11.9 Å². The van der Waals surface area contributed by atoms with E-state index in [1.807, 2.05) is 0 Å². The van der Waals surface area contributed by atoms with Crippen LogP contribution in [0.25, 0.3) is 0 Å². The van der Waals surface area contributed by atoms with E-state index in [1.165, 1.54) is 18.3 Å². The van der Waals surface area contributed by atoms with E-state index in [-0.39, 0.29) is 5.91 Å². The molecule has 0 saturated carbocycles. The Hall–Kier alpha value is -3.18. The van der Waals surface area contributed by atoms with Gasteiger partial charge in [-0.05, 0) is 48.9 Å². The first-order chi connectivity index (χ1) is 14.5. The van der Waals surface area contributed by atoms with Crippen LogP contribution in [-0.4, -0.2) is 24.4 Å². The van der Waals surface area contributed by atoms with Crippen molar-refractivity contribution in [3.8, 4) is 6.07 Å². The molecular formula is C22H23N3O4S. The van der Waals surface area contributed by atoms with E-state index in [0.717, 1.165) is 48.1 Å². The van der Waals surface area contributed by atoms with Gasteiger partial charge in [0, 0.05) is 18.3 Å². The summed E-state index contributed by atoms with van der Waals surface area (Å²) >= 11 is 1.44. The molecule has 7 nitrogen and oxygen atoms in total. The Labute approximate surface area is 179 Å². The topological polar surface area (TPSA) is 108 Å². The number of carbonyl (C=O) groups excluding carboxylic acids is 3. The van der Waals surface area contributed by atoms with Crippen LogP contribution in [-0.2, 0) is 33.7 Å². The first-order valence-corrected chi connectivity index (χ1v) is 10.6. The van der Waals surface area contributed by atoms with Crippen molar-refractivity contribution in [1.82, 2.24) is 5.32 Å². The van der Waals surface area contributed by atoms with Gasteiger partial charge in [-0.15, -0.1) is 11.3 Å². The normalized spacial score (nSPS) is 12.8. The number of benzene rings is 1.